The largest absolute Gasteiger partial charge is 0.353 e. The van der Waals surface area contributed by atoms with Gasteiger partial charge in [0.15, 0.2) is 0 Å². The summed E-state index contributed by atoms with van der Waals surface area (Å²) in [6.45, 7) is 6.39. The number of nitrogens with zero attached hydrogens (tertiary/aromatic N) is 1. The first-order valence-electron chi connectivity index (χ1n) is 10.0. The summed E-state index contributed by atoms with van der Waals surface area (Å²) in [5, 5.41) is 3.71. The van der Waals surface area contributed by atoms with Gasteiger partial charge in [-0.25, -0.2) is 0 Å². The van der Waals surface area contributed by atoms with Gasteiger partial charge in [0, 0.05) is 11.6 Å². The van der Waals surface area contributed by atoms with E-state index >= 15 is 0 Å². The molecule has 2 aliphatic rings. The second kappa shape index (κ2) is 8.60. The van der Waals surface area contributed by atoms with Crippen LogP contribution in [0.25, 0.3) is 0 Å². The van der Waals surface area contributed by atoms with Gasteiger partial charge in [0.25, 0.3) is 5.91 Å². The summed E-state index contributed by atoms with van der Waals surface area (Å²) >= 11 is 12.1. The molecule has 1 aromatic carbocycles. The van der Waals surface area contributed by atoms with Crippen molar-refractivity contribution < 1.29 is 14.3 Å². The Hall–Kier alpha value is -1.30. The van der Waals surface area contributed by atoms with Gasteiger partial charge in [-0.15, -0.1) is 0 Å². The Kier molecular flexibility index (Phi) is 6.58. The topological polar surface area (TPSA) is 58.6 Å². The molecule has 1 aliphatic heterocycles. The van der Waals surface area contributed by atoms with Crippen molar-refractivity contribution in [1.82, 2.24) is 10.2 Å². The van der Waals surface area contributed by atoms with Gasteiger partial charge in [0.2, 0.25) is 5.91 Å². The van der Waals surface area contributed by atoms with Crippen LogP contribution in [0.5, 0.6) is 0 Å². The molecule has 3 rings (SSSR count). The van der Waals surface area contributed by atoms with Gasteiger partial charge in [-0.1, -0.05) is 37.0 Å². The van der Waals surface area contributed by atoms with Crippen molar-refractivity contribution in [1.29, 1.82) is 0 Å². The molecule has 2 fully saturated rings. The van der Waals surface area contributed by atoms with Gasteiger partial charge < -0.3 is 10.1 Å². The highest BCUT2D eigenvalue weighted by Crippen LogP contribution is 2.43. The molecule has 1 N–H and O–H groups in total. The summed E-state index contributed by atoms with van der Waals surface area (Å²) in [5.74, 6) is 0.178. The number of rotatable bonds is 4. The second-order valence-electron chi connectivity index (χ2n) is 8.08. The summed E-state index contributed by atoms with van der Waals surface area (Å²) in [4.78, 5) is 28.1. The maximum atomic E-state index is 13.5. The number of amides is 2. The number of carbonyl (C=O) groups excluding carboxylic acids is 2. The number of hydrogen-bond donors (Lipinski definition) is 1. The highest BCUT2D eigenvalue weighted by Gasteiger charge is 2.53. The first kappa shape index (κ1) is 21.4. The van der Waals surface area contributed by atoms with E-state index < -0.39 is 11.8 Å². The molecule has 154 valence electrons. The Labute approximate surface area is 176 Å². The van der Waals surface area contributed by atoms with Crippen molar-refractivity contribution in [3.05, 3.63) is 33.8 Å². The second-order valence-corrected chi connectivity index (χ2v) is 8.89. The van der Waals surface area contributed by atoms with Gasteiger partial charge in [0.1, 0.15) is 11.8 Å². The number of hydrogen-bond acceptors (Lipinski definition) is 3. The van der Waals surface area contributed by atoms with Crippen LogP contribution in [0.4, 0.5) is 0 Å². The Morgan fingerprint density at radius 3 is 2.57 bits per heavy atom. The normalized spacial score (nSPS) is 28.4. The fourth-order valence-electron chi connectivity index (χ4n) is 3.99. The van der Waals surface area contributed by atoms with Crippen molar-refractivity contribution >= 4 is 35.0 Å². The average molecular weight is 427 g/mol. The van der Waals surface area contributed by atoms with E-state index in [0.717, 1.165) is 32.1 Å². The monoisotopic (exact) mass is 426 g/mol. The van der Waals surface area contributed by atoms with E-state index in [-0.39, 0.29) is 24.5 Å². The zero-order chi connectivity index (χ0) is 20.5. The quantitative estimate of drug-likeness (QED) is 0.761. The van der Waals surface area contributed by atoms with Crippen LogP contribution in [0, 0.1) is 5.92 Å². The van der Waals surface area contributed by atoms with Crippen molar-refractivity contribution in [2.24, 2.45) is 5.92 Å². The van der Waals surface area contributed by atoms with Gasteiger partial charge in [-0.3, -0.25) is 14.5 Å². The van der Waals surface area contributed by atoms with Crippen LogP contribution in [-0.2, 0) is 9.53 Å². The fourth-order valence-corrected chi connectivity index (χ4v) is 4.29. The Balaban J connectivity index is 1.93. The lowest BCUT2D eigenvalue weighted by molar-refractivity contribution is -0.128. The van der Waals surface area contributed by atoms with Gasteiger partial charge in [-0.2, -0.15) is 0 Å². The highest BCUT2D eigenvalue weighted by atomic mass is 35.5. The van der Waals surface area contributed by atoms with Crippen LogP contribution in [0.2, 0.25) is 10.0 Å². The molecule has 0 aromatic heterocycles. The minimum atomic E-state index is -0.729. The van der Waals surface area contributed by atoms with E-state index in [4.69, 9.17) is 27.9 Å². The number of nitrogens with one attached hydrogen (secondary N) is 1. The van der Waals surface area contributed by atoms with Gasteiger partial charge in [-0.05, 0) is 63.1 Å². The molecule has 1 saturated carbocycles. The zero-order valence-corrected chi connectivity index (χ0v) is 18.1. The van der Waals surface area contributed by atoms with Crippen LogP contribution in [-0.4, -0.2) is 41.1 Å². The molecule has 0 unspecified atom stereocenters. The molecule has 1 aliphatic carbocycles. The van der Waals surface area contributed by atoms with Crippen LogP contribution in [0.1, 0.15) is 63.2 Å². The number of ether oxygens (including phenoxy) is 1. The SMILES string of the molecule is CC[C@@H](C)NC(=O)[C@@H]1COC2(CCC(C)CC2)N1C(=O)c1ccc(Cl)c(Cl)c1. The Bertz CT molecular complexity index is 747. The summed E-state index contributed by atoms with van der Waals surface area (Å²) in [6, 6.07) is 4.21. The molecule has 0 radical (unpaired) electrons. The maximum Gasteiger partial charge on any atom is 0.256 e. The maximum absolute atomic E-state index is 13.5. The average Bonchev–Trinajstić information content (AvgIpc) is 3.04. The van der Waals surface area contributed by atoms with Gasteiger partial charge in [0.05, 0.1) is 16.7 Å². The summed E-state index contributed by atoms with van der Waals surface area (Å²) in [6.07, 6.45) is 4.21. The van der Waals surface area contributed by atoms with Crippen LogP contribution in [0.3, 0.4) is 0 Å². The van der Waals surface area contributed by atoms with E-state index in [1.807, 2.05) is 13.8 Å². The lowest BCUT2D eigenvalue weighted by atomic mass is 9.83. The fraction of sp³-hybridized carbons (Fsp3) is 0.619. The third-order valence-corrected chi connectivity index (χ3v) is 6.74. The molecule has 5 nitrogen and oxygen atoms in total. The highest BCUT2D eigenvalue weighted by molar-refractivity contribution is 6.42. The molecule has 1 spiro atoms. The molecule has 2 atom stereocenters. The van der Waals surface area contributed by atoms with Crippen LogP contribution < -0.4 is 5.32 Å². The predicted octanol–water partition coefficient (Wildman–Crippen LogP) is 4.66. The number of benzene rings is 1. The number of carbonyl (C=O) groups is 2. The molecule has 0 bridgehead atoms. The van der Waals surface area contributed by atoms with E-state index in [1.54, 1.807) is 23.1 Å². The standard InChI is InChI=1S/C21H28Cl2N2O3/c1-4-14(3)24-19(26)18-12-28-21(9-7-13(2)8-10-21)25(18)20(27)15-5-6-16(22)17(23)11-15/h5-6,11,13-14,18H,4,7-10,12H2,1-3H3,(H,24,26)/t13?,14-,18+,21?/m1/s1. The Morgan fingerprint density at radius 2 is 1.96 bits per heavy atom. The Morgan fingerprint density at radius 1 is 1.29 bits per heavy atom. The van der Waals surface area contributed by atoms with E-state index in [2.05, 4.69) is 12.2 Å². The van der Waals surface area contributed by atoms with Crippen LogP contribution >= 0.6 is 23.2 Å². The molecule has 1 heterocycles. The minimum Gasteiger partial charge on any atom is -0.353 e. The van der Waals surface area contributed by atoms with E-state index in [0.29, 0.717) is 21.5 Å². The molecule has 1 aromatic rings. The van der Waals surface area contributed by atoms with Crippen molar-refractivity contribution in [3.8, 4) is 0 Å². The lowest BCUT2D eigenvalue weighted by Crippen LogP contribution is -2.57. The molecule has 1 saturated heterocycles. The summed E-state index contributed by atoms with van der Waals surface area (Å²) in [7, 11) is 0. The third kappa shape index (κ3) is 4.17. The first-order chi connectivity index (χ1) is 13.3. The van der Waals surface area contributed by atoms with E-state index in [1.165, 1.54) is 0 Å². The summed E-state index contributed by atoms with van der Waals surface area (Å²) < 4.78 is 6.17. The smallest absolute Gasteiger partial charge is 0.256 e. The molecular weight excluding hydrogens is 399 g/mol. The minimum absolute atomic E-state index is 0.0392. The number of halogens is 2. The lowest BCUT2D eigenvalue weighted by Gasteiger charge is -2.43. The summed E-state index contributed by atoms with van der Waals surface area (Å²) in [5.41, 5.74) is -0.313. The van der Waals surface area contributed by atoms with Crippen molar-refractivity contribution in [3.63, 3.8) is 0 Å². The molecule has 7 heteroatoms. The zero-order valence-electron chi connectivity index (χ0n) is 16.6. The van der Waals surface area contributed by atoms with Crippen molar-refractivity contribution in [2.75, 3.05) is 6.61 Å². The third-order valence-electron chi connectivity index (χ3n) is 6.01. The van der Waals surface area contributed by atoms with E-state index in [9.17, 15) is 9.59 Å². The molecular formula is C21H28Cl2N2O3. The van der Waals surface area contributed by atoms with Crippen LogP contribution in [0.15, 0.2) is 18.2 Å². The van der Waals surface area contributed by atoms with Gasteiger partial charge >= 0.3 is 0 Å². The molecule has 28 heavy (non-hydrogen) atoms. The molecule has 2 amide bonds. The van der Waals surface area contributed by atoms with Crippen molar-refractivity contribution in [2.45, 2.75) is 70.7 Å². The predicted molar refractivity (Wildman–Crippen MR) is 111 cm³/mol. The first-order valence-corrected chi connectivity index (χ1v) is 10.8.